The summed E-state index contributed by atoms with van der Waals surface area (Å²) in [5.41, 5.74) is -3.86. The molecule has 0 spiro atoms. The maximum Gasteiger partial charge on any atom is 0.446 e. The fourth-order valence-electron chi connectivity index (χ4n) is 3.10. The summed E-state index contributed by atoms with van der Waals surface area (Å²) in [5.74, 6) is 0. The SMILES string of the molecule is OC1(c2ccc(Br)cc2)CCN(C(=S)Nc2cccc(SC(F)(F)F)c2)CC1. The van der Waals surface area contributed by atoms with Crippen molar-refractivity contribution in [2.75, 3.05) is 18.4 Å². The van der Waals surface area contributed by atoms with E-state index in [-0.39, 0.29) is 16.7 Å². The molecule has 3 nitrogen and oxygen atoms in total. The van der Waals surface area contributed by atoms with Crippen LogP contribution < -0.4 is 5.32 Å². The minimum Gasteiger partial charge on any atom is -0.385 e. The summed E-state index contributed by atoms with van der Waals surface area (Å²) >= 11 is 8.65. The van der Waals surface area contributed by atoms with Gasteiger partial charge in [0.2, 0.25) is 0 Å². The molecule has 1 heterocycles. The molecule has 1 saturated heterocycles. The Morgan fingerprint density at radius 3 is 2.39 bits per heavy atom. The van der Waals surface area contributed by atoms with Gasteiger partial charge in [-0.1, -0.05) is 34.1 Å². The number of thioether (sulfide) groups is 1. The Bertz CT molecular complexity index is 838. The molecule has 0 bridgehead atoms. The van der Waals surface area contributed by atoms with E-state index in [0.717, 1.165) is 10.0 Å². The zero-order valence-corrected chi connectivity index (χ0v) is 17.9. The number of thiocarbonyl (C=S) groups is 1. The van der Waals surface area contributed by atoms with Gasteiger partial charge in [0, 0.05) is 28.1 Å². The van der Waals surface area contributed by atoms with Crippen molar-refractivity contribution in [2.45, 2.75) is 28.8 Å². The Hall–Kier alpha value is -1.29. The van der Waals surface area contributed by atoms with Crippen LogP contribution in [0.2, 0.25) is 0 Å². The van der Waals surface area contributed by atoms with Gasteiger partial charge in [-0.25, -0.2) is 0 Å². The number of aliphatic hydroxyl groups is 1. The molecular formula is C19H18BrF3N2OS2. The number of nitrogens with zero attached hydrogens (tertiary/aromatic N) is 1. The molecule has 0 aliphatic carbocycles. The number of likely N-dealkylation sites (tertiary alicyclic amines) is 1. The van der Waals surface area contributed by atoms with Gasteiger partial charge in [-0.15, -0.1) is 0 Å². The van der Waals surface area contributed by atoms with Gasteiger partial charge >= 0.3 is 5.51 Å². The zero-order valence-electron chi connectivity index (χ0n) is 14.7. The van der Waals surface area contributed by atoms with Crippen LogP contribution in [0.25, 0.3) is 0 Å². The number of hydrogen-bond acceptors (Lipinski definition) is 3. The highest BCUT2D eigenvalue weighted by atomic mass is 79.9. The molecule has 2 aromatic rings. The van der Waals surface area contributed by atoms with Crippen molar-refractivity contribution >= 4 is 50.7 Å². The lowest BCUT2D eigenvalue weighted by molar-refractivity contribution is -0.0328. The first-order valence-electron chi connectivity index (χ1n) is 8.55. The number of hydrogen-bond donors (Lipinski definition) is 2. The molecule has 0 saturated carbocycles. The molecule has 0 amide bonds. The second-order valence-corrected chi connectivity index (χ2v) is 8.97. The average Bonchev–Trinajstić information content (AvgIpc) is 2.61. The smallest absolute Gasteiger partial charge is 0.385 e. The minimum atomic E-state index is -4.33. The molecule has 150 valence electrons. The summed E-state index contributed by atoms with van der Waals surface area (Å²) in [7, 11) is 0. The summed E-state index contributed by atoms with van der Waals surface area (Å²) < 4.78 is 38.6. The largest absolute Gasteiger partial charge is 0.446 e. The Kier molecular flexibility index (Phi) is 6.58. The lowest BCUT2D eigenvalue weighted by Crippen LogP contribution is -2.46. The van der Waals surface area contributed by atoms with Gasteiger partial charge in [0.05, 0.1) is 5.60 Å². The maximum atomic E-state index is 12.5. The number of anilines is 1. The first kappa shape index (κ1) is 21.4. The predicted molar refractivity (Wildman–Crippen MR) is 113 cm³/mol. The van der Waals surface area contributed by atoms with Crippen LogP contribution in [-0.4, -0.2) is 33.7 Å². The quantitative estimate of drug-likeness (QED) is 0.423. The molecule has 0 unspecified atom stereocenters. The number of benzene rings is 2. The van der Waals surface area contributed by atoms with E-state index < -0.39 is 11.1 Å². The molecule has 2 aromatic carbocycles. The first-order chi connectivity index (χ1) is 13.1. The van der Waals surface area contributed by atoms with Gasteiger partial charge < -0.3 is 15.3 Å². The van der Waals surface area contributed by atoms with E-state index in [2.05, 4.69) is 21.2 Å². The third-order valence-corrected chi connectivity index (χ3v) is 6.19. The van der Waals surface area contributed by atoms with Crippen LogP contribution >= 0.6 is 39.9 Å². The molecule has 1 aliphatic rings. The molecule has 3 rings (SSSR count). The molecule has 0 atom stereocenters. The summed E-state index contributed by atoms with van der Waals surface area (Å²) in [6.07, 6.45) is 1.03. The fourth-order valence-corrected chi connectivity index (χ4v) is 4.27. The van der Waals surface area contributed by atoms with Gasteiger partial charge in [0.15, 0.2) is 5.11 Å². The second-order valence-electron chi connectivity index (χ2n) is 6.53. The monoisotopic (exact) mass is 490 g/mol. The Morgan fingerprint density at radius 1 is 1.14 bits per heavy atom. The Labute approximate surface area is 179 Å². The van der Waals surface area contributed by atoms with E-state index in [1.807, 2.05) is 29.2 Å². The van der Waals surface area contributed by atoms with Crippen LogP contribution in [0.1, 0.15) is 18.4 Å². The van der Waals surface area contributed by atoms with Crippen molar-refractivity contribution < 1.29 is 18.3 Å². The standard InChI is InChI=1S/C19H18BrF3N2OS2/c20-14-6-4-13(5-7-14)18(26)8-10-25(11-9-18)17(27)24-15-2-1-3-16(12-15)28-19(21,22)23/h1-7,12,26H,8-11H2,(H,24,27). The van der Waals surface area contributed by atoms with Crippen molar-refractivity contribution in [1.29, 1.82) is 0 Å². The molecule has 9 heteroatoms. The van der Waals surface area contributed by atoms with Crippen LogP contribution in [0.4, 0.5) is 18.9 Å². The number of nitrogens with one attached hydrogen (secondary N) is 1. The molecule has 28 heavy (non-hydrogen) atoms. The molecule has 0 radical (unpaired) electrons. The number of alkyl halides is 3. The molecule has 1 aliphatic heterocycles. The lowest BCUT2D eigenvalue weighted by Gasteiger charge is -2.39. The third kappa shape index (κ3) is 5.62. The van der Waals surface area contributed by atoms with Crippen molar-refractivity contribution in [3.8, 4) is 0 Å². The van der Waals surface area contributed by atoms with E-state index in [1.54, 1.807) is 12.1 Å². The van der Waals surface area contributed by atoms with E-state index in [4.69, 9.17) is 12.2 Å². The third-order valence-electron chi connectivity index (χ3n) is 4.58. The van der Waals surface area contributed by atoms with Crippen LogP contribution in [0.3, 0.4) is 0 Å². The highest BCUT2D eigenvalue weighted by molar-refractivity contribution is 9.10. The highest BCUT2D eigenvalue weighted by Gasteiger charge is 2.34. The number of piperidine rings is 1. The van der Waals surface area contributed by atoms with E-state index in [1.165, 1.54) is 12.1 Å². The van der Waals surface area contributed by atoms with Crippen LogP contribution in [0.5, 0.6) is 0 Å². The normalized spacial score (nSPS) is 16.7. The van der Waals surface area contributed by atoms with Gasteiger partial charge in [0.25, 0.3) is 0 Å². The average molecular weight is 491 g/mol. The molecular weight excluding hydrogens is 473 g/mol. The van der Waals surface area contributed by atoms with Crippen LogP contribution in [-0.2, 0) is 5.60 Å². The summed E-state index contributed by atoms with van der Waals surface area (Å²) in [6.45, 7) is 1.10. The van der Waals surface area contributed by atoms with Crippen molar-refractivity contribution in [3.05, 3.63) is 58.6 Å². The highest BCUT2D eigenvalue weighted by Crippen LogP contribution is 2.38. The van der Waals surface area contributed by atoms with E-state index in [9.17, 15) is 18.3 Å². The zero-order chi connectivity index (χ0) is 20.4. The summed E-state index contributed by atoms with van der Waals surface area (Å²) in [5, 5.41) is 14.4. The van der Waals surface area contributed by atoms with E-state index in [0.29, 0.717) is 36.7 Å². The second kappa shape index (κ2) is 8.61. The van der Waals surface area contributed by atoms with Gasteiger partial charge in [-0.3, -0.25) is 0 Å². The predicted octanol–water partition coefficient (Wildman–Crippen LogP) is 5.74. The lowest BCUT2D eigenvalue weighted by atomic mass is 9.84. The molecule has 0 aromatic heterocycles. The van der Waals surface area contributed by atoms with Gasteiger partial charge in [-0.05, 0) is 72.7 Å². The minimum absolute atomic E-state index is 0.101. The van der Waals surface area contributed by atoms with Crippen molar-refractivity contribution in [1.82, 2.24) is 4.90 Å². The number of rotatable bonds is 3. The van der Waals surface area contributed by atoms with Crippen LogP contribution in [0, 0.1) is 0 Å². The first-order valence-corrected chi connectivity index (χ1v) is 10.6. The summed E-state index contributed by atoms with van der Waals surface area (Å²) in [4.78, 5) is 2.02. The fraction of sp³-hybridized carbons (Fsp3) is 0.316. The Morgan fingerprint density at radius 2 is 1.79 bits per heavy atom. The van der Waals surface area contributed by atoms with Crippen molar-refractivity contribution in [3.63, 3.8) is 0 Å². The van der Waals surface area contributed by atoms with E-state index >= 15 is 0 Å². The maximum absolute atomic E-state index is 12.5. The molecule has 2 N–H and O–H groups in total. The number of halogens is 4. The van der Waals surface area contributed by atoms with Crippen molar-refractivity contribution in [2.24, 2.45) is 0 Å². The molecule has 1 fully saturated rings. The topological polar surface area (TPSA) is 35.5 Å². The van der Waals surface area contributed by atoms with Gasteiger partial charge in [-0.2, -0.15) is 13.2 Å². The Balaban J connectivity index is 1.60. The van der Waals surface area contributed by atoms with Crippen LogP contribution in [0.15, 0.2) is 57.9 Å². The summed E-state index contributed by atoms with van der Waals surface area (Å²) in [6, 6.07) is 13.7. The van der Waals surface area contributed by atoms with Gasteiger partial charge in [0.1, 0.15) is 0 Å².